The quantitative estimate of drug-likeness (QED) is 0.196. The van der Waals surface area contributed by atoms with Crippen LogP contribution in [-0.2, 0) is 4.79 Å². The zero-order valence-electron chi connectivity index (χ0n) is 16.9. The number of carbonyl (C=O) groups is 1. The van der Waals surface area contributed by atoms with E-state index < -0.39 is 0 Å². The van der Waals surface area contributed by atoms with E-state index in [0.717, 1.165) is 40.2 Å². The summed E-state index contributed by atoms with van der Waals surface area (Å²) >= 11 is 0. The number of ether oxygens (including phenoxy) is 1. The lowest BCUT2D eigenvalue weighted by molar-refractivity contribution is -0.134. The molecule has 0 saturated heterocycles. The lowest BCUT2D eigenvalue weighted by atomic mass is 10.0. The number of hydrogen-bond donors (Lipinski definition) is 0. The number of benzene rings is 3. The van der Waals surface area contributed by atoms with E-state index in [1.54, 1.807) is 0 Å². The van der Waals surface area contributed by atoms with Crippen LogP contribution < -0.4 is 4.74 Å². The van der Waals surface area contributed by atoms with Gasteiger partial charge in [-0.15, -0.1) is 0 Å². The molecular formula is C27H23O3+. The summed E-state index contributed by atoms with van der Waals surface area (Å²) in [4.78, 5) is 11.7. The molecule has 0 bridgehead atoms. The largest absolute Gasteiger partial charge is 0.427 e. The molecular weight excluding hydrogens is 372 g/mol. The Kier molecular flexibility index (Phi) is 6.00. The van der Waals surface area contributed by atoms with Gasteiger partial charge < -0.3 is 4.74 Å². The van der Waals surface area contributed by atoms with Crippen LogP contribution >= 0.6 is 0 Å². The van der Waals surface area contributed by atoms with Gasteiger partial charge in [-0.3, -0.25) is 4.79 Å². The Balaban J connectivity index is 1.73. The topological polar surface area (TPSA) is 37.6 Å². The summed E-state index contributed by atoms with van der Waals surface area (Å²) in [6.07, 6.45) is 1.19. The average Bonchev–Trinajstić information content (AvgIpc) is 2.80. The summed E-state index contributed by atoms with van der Waals surface area (Å²) in [5.41, 5.74) is 4.09. The lowest BCUT2D eigenvalue weighted by Gasteiger charge is -2.06. The predicted molar refractivity (Wildman–Crippen MR) is 120 cm³/mol. The molecule has 3 heteroatoms. The molecule has 0 aliphatic carbocycles. The second kappa shape index (κ2) is 9.19. The smallest absolute Gasteiger partial charge is 0.361 e. The van der Waals surface area contributed by atoms with E-state index in [1.807, 2.05) is 104 Å². The van der Waals surface area contributed by atoms with Crippen LogP contribution in [0.25, 0.3) is 33.8 Å². The Morgan fingerprint density at radius 2 is 1.23 bits per heavy atom. The molecule has 1 heterocycles. The Labute approximate surface area is 176 Å². The SMILES string of the molecule is CCCC(=O)Oc1ccc(-c2cc(-c3ccccc3)[o+]c(-c3ccccc3)c2)cc1. The summed E-state index contributed by atoms with van der Waals surface area (Å²) in [5.74, 6) is 1.95. The third kappa shape index (κ3) is 4.64. The summed E-state index contributed by atoms with van der Waals surface area (Å²) in [6.45, 7) is 1.96. The van der Waals surface area contributed by atoms with Gasteiger partial charge in [-0.25, -0.2) is 4.42 Å². The van der Waals surface area contributed by atoms with Crippen LogP contribution in [0.15, 0.2) is 101 Å². The van der Waals surface area contributed by atoms with Crippen LogP contribution in [0.3, 0.4) is 0 Å². The lowest BCUT2D eigenvalue weighted by Crippen LogP contribution is -2.06. The zero-order valence-corrected chi connectivity index (χ0v) is 16.9. The normalized spacial score (nSPS) is 10.6. The molecule has 3 nitrogen and oxygen atoms in total. The summed E-state index contributed by atoms with van der Waals surface area (Å²) < 4.78 is 11.6. The fourth-order valence-electron chi connectivity index (χ4n) is 3.26. The number of rotatable bonds is 6. The minimum absolute atomic E-state index is 0.207. The van der Waals surface area contributed by atoms with Gasteiger partial charge in [0.25, 0.3) is 0 Å². The number of esters is 1. The summed E-state index contributed by atoms with van der Waals surface area (Å²) in [5, 5.41) is 0. The molecule has 0 aliphatic rings. The van der Waals surface area contributed by atoms with Crippen LogP contribution in [0.1, 0.15) is 19.8 Å². The van der Waals surface area contributed by atoms with Crippen molar-refractivity contribution in [2.45, 2.75) is 19.8 Å². The molecule has 1 aromatic heterocycles. The highest BCUT2D eigenvalue weighted by Gasteiger charge is 2.20. The molecule has 0 atom stereocenters. The molecule has 0 radical (unpaired) electrons. The molecule has 0 amide bonds. The Hall–Kier alpha value is -3.72. The maximum Gasteiger partial charge on any atom is 0.361 e. The molecule has 0 unspecified atom stereocenters. The van der Waals surface area contributed by atoms with Gasteiger partial charge in [0, 0.05) is 12.0 Å². The highest BCUT2D eigenvalue weighted by molar-refractivity contribution is 5.76. The summed E-state index contributed by atoms with van der Waals surface area (Å²) in [6, 6.07) is 31.8. The van der Waals surface area contributed by atoms with Gasteiger partial charge in [0.1, 0.15) is 5.75 Å². The maximum absolute atomic E-state index is 11.7. The van der Waals surface area contributed by atoms with Crippen molar-refractivity contribution < 1.29 is 13.9 Å². The van der Waals surface area contributed by atoms with Crippen molar-refractivity contribution in [2.24, 2.45) is 0 Å². The highest BCUT2D eigenvalue weighted by Crippen LogP contribution is 2.33. The van der Waals surface area contributed by atoms with Crippen molar-refractivity contribution in [3.63, 3.8) is 0 Å². The third-order valence-electron chi connectivity index (χ3n) is 4.78. The third-order valence-corrected chi connectivity index (χ3v) is 4.78. The number of hydrogen-bond acceptors (Lipinski definition) is 2. The van der Waals surface area contributed by atoms with E-state index >= 15 is 0 Å². The van der Waals surface area contributed by atoms with Crippen molar-refractivity contribution in [3.8, 4) is 39.5 Å². The zero-order chi connectivity index (χ0) is 20.8. The van der Waals surface area contributed by atoms with Gasteiger partial charge in [0.2, 0.25) is 0 Å². The molecule has 4 rings (SSSR count). The molecule has 30 heavy (non-hydrogen) atoms. The molecule has 3 aromatic carbocycles. The van der Waals surface area contributed by atoms with Gasteiger partial charge in [-0.1, -0.05) is 55.5 Å². The molecule has 0 saturated carbocycles. The van der Waals surface area contributed by atoms with E-state index in [9.17, 15) is 4.79 Å². The van der Waals surface area contributed by atoms with E-state index in [1.165, 1.54) is 0 Å². The predicted octanol–water partition coefficient (Wildman–Crippen LogP) is 7.27. The first-order valence-corrected chi connectivity index (χ1v) is 10.1. The van der Waals surface area contributed by atoms with Crippen molar-refractivity contribution in [1.82, 2.24) is 0 Å². The van der Waals surface area contributed by atoms with Gasteiger partial charge in [-0.05, 0) is 48.4 Å². The molecule has 0 aliphatic heterocycles. The maximum atomic E-state index is 11.7. The average molecular weight is 395 g/mol. The molecule has 148 valence electrons. The fourth-order valence-corrected chi connectivity index (χ4v) is 3.26. The number of carbonyl (C=O) groups excluding carboxylic acids is 1. The van der Waals surface area contributed by atoms with E-state index in [2.05, 4.69) is 0 Å². The van der Waals surface area contributed by atoms with E-state index in [0.29, 0.717) is 12.2 Å². The molecule has 0 N–H and O–H groups in total. The molecule has 4 aromatic rings. The van der Waals surface area contributed by atoms with Gasteiger partial charge in [0.05, 0.1) is 23.3 Å². The van der Waals surface area contributed by atoms with Crippen LogP contribution in [0.4, 0.5) is 0 Å². The first-order chi connectivity index (χ1) is 14.7. The molecule has 0 spiro atoms. The Bertz CT molecular complexity index is 1060. The fraction of sp³-hybridized carbons (Fsp3) is 0.111. The van der Waals surface area contributed by atoms with Crippen LogP contribution in [0.5, 0.6) is 5.75 Å². The standard InChI is InChI=1S/C27H23O3/c1-2-9-27(28)29-24-16-14-20(15-17-24)23-18-25(21-10-5-3-6-11-21)30-26(19-23)22-12-7-4-8-13-22/h3-8,10-19H,2,9H2,1H3/q+1. The first kappa shape index (κ1) is 19.6. The Morgan fingerprint density at radius 3 is 1.73 bits per heavy atom. The van der Waals surface area contributed by atoms with Crippen molar-refractivity contribution >= 4 is 5.97 Å². The van der Waals surface area contributed by atoms with Crippen molar-refractivity contribution in [3.05, 3.63) is 97.1 Å². The van der Waals surface area contributed by atoms with Crippen molar-refractivity contribution in [2.75, 3.05) is 0 Å². The second-order valence-corrected chi connectivity index (χ2v) is 7.06. The molecule has 0 fully saturated rings. The van der Waals surface area contributed by atoms with E-state index in [4.69, 9.17) is 9.15 Å². The van der Waals surface area contributed by atoms with Crippen LogP contribution in [0.2, 0.25) is 0 Å². The Morgan fingerprint density at radius 1 is 0.700 bits per heavy atom. The van der Waals surface area contributed by atoms with Crippen molar-refractivity contribution in [1.29, 1.82) is 0 Å². The van der Waals surface area contributed by atoms with Crippen LogP contribution in [0, 0.1) is 0 Å². The second-order valence-electron chi connectivity index (χ2n) is 7.06. The van der Waals surface area contributed by atoms with E-state index in [-0.39, 0.29) is 5.97 Å². The highest BCUT2D eigenvalue weighted by atomic mass is 16.5. The minimum atomic E-state index is -0.207. The van der Waals surface area contributed by atoms with Gasteiger partial charge in [0.15, 0.2) is 0 Å². The minimum Gasteiger partial charge on any atom is -0.427 e. The van der Waals surface area contributed by atoms with Crippen LogP contribution in [-0.4, -0.2) is 5.97 Å². The summed E-state index contributed by atoms with van der Waals surface area (Å²) in [7, 11) is 0. The van der Waals surface area contributed by atoms with Gasteiger partial charge in [-0.2, -0.15) is 0 Å². The monoisotopic (exact) mass is 395 g/mol. The first-order valence-electron chi connectivity index (χ1n) is 10.1. The van der Waals surface area contributed by atoms with Gasteiger partial charge >= 0.3 is 17.5 Å².